The number of rotatable bonds is 2. The molecule has 0 radical (unpaired) electrons. The molecule has 2 rings (SSSR count). The minimum Gasteiger partial charge on any atom is -0.290 e. The maximum absolute atomic E-state index is 11.3. The molecule has 0 atom stereocenters. The second kappa shape index (κ2) is 5.29. The first-order valence-electron chi connectivity index (χ1n) is 5.08. The molecule has 3 N–H and O–H groups in total. The van der Waals surface area contributed by atoms with Crippen molar-refractivity contribution in [1.82, 2.24) is 5.43 Å². The molecule has 0 saturated carbocycles. The van der Waals surface area contributed by atoms with Crippen LogP contribution in [0.3, 0.4) is 0 Å². The second-order valence-corrected chi connectivity index (χ2v) is 4.69. The number of hydrogen-bond donors (Lipinski definition) is 2. The third-order valence-electron chi connectivity index (χ3n) is 2.46. The number of halogens is 1. The van der Waals surface area contributed by atoms with E-state index in [2.05, 4.69) is 40.1 Å². The summed E-state index contributed by atoms with van der Waals surface area (Å²) >= 11 is 2.29. The van der Waals surface area contributed by atoms with Crippen molar-refractivity contribution in [3.8, 4) is 11.1 Å². The van der Waals surface area contributed by atoms with Gasteiger partial charge in [0.1, 0.15) is 0 Å². The Balaban J connectivity index is 2.36. The average Bonchev–Trinajstić information content (AvgIpc) is 2.39. The van der Waals surface area contributed by atoms with E-state index in [1.165, 1.54) is 3.57 Å². The van der Waals surface area contributed by atoms with Crippen LogP contribution in [0, 0.1) is 3.57 Å². The van der Waals surface area contributed by atoms with Crippen molar-refractivity contribution in [2.75, 3.05) is 0 Å². The molecule has 0 saturated heterocycles. The standard InChI is InChI=1S/C13H11IN2O/c14-12-4-2-1-3-11(12)9-5-7-10(8-6-9)13(17)16-15/h1-8H,15H2,(H,16,17). The highest BCUT2D eigenvalue weighted by molar-refractivity contribution is 14.1. The Kier molecular flexibility index (Phi) is 3.75. The van der Waals surface area contributed by atoms with Gasteiger partial charge in [0.25, 0.3) is 5.91 Å². The molecule has 0 spiro atoms. The second-order valence-electron chi connectivity index (χ2n) is 3.53. The maximum Gasteiger partial charge on any atom is 0.265 e. The first-order chi connectivity index (χ1) is 8.22. The van der Waals surface area contributed by atoms with E-state index in [1.54, 1.807) is 12.1 Å². The third-order valence-corrected chi connectivity index (χ3v) is 3.40. The summed E-state index contributed by atoms with van der Waals surface area (Å²) in [5.41, 5.74) is 4.92. The van der Waals surface area contributed by atoms with E-state index in [4.69, 9.17) is 5.84 Å². The number of nitrogen functional groups attached to an aromatic ring is 1. The van der Waals surface area contributed by atoms with Gasteiger partial charge in [-0.25, -0.2) is 5.84 Å². The molecule has 0 aliphatic rings. The minimum absolute atomic E-state index is 0.278. The molecule has 0 unspecified atom stereocenters. The van der Waals surface area contributed by atoms with E-state index in [9.17, 15) is 4.79 Å². The molecule has 17 heavy (non-hydrogen) atoms. The summed E-state index contributed by atoms with van der Waals surface area (Å²) in [6.07, 6.45) is 0. The monoisotopic (exact) mass is 338 g/mol. The molecule has 0 aliphatic carbocycles. The molecule has 2 aromatic carbocycles. The summed E-state index contributed by atoms with van der Waals surface area (Å²) in [7, 11) is 0. The lowest BCUT2D eigenvalue weighted by molar-refractivity contribution is 0.0953. The predicted molar refractivity (Wildman–Crippen MR) is 76.2 cm³/mol. The van der Waals surface area contributed by atoms with Crippen LogP contribution in [0.4, 0.5) is 0 Å². The SMILES string of the molecule is NNC(=O)c1ccc(-c2ccccc2I)cc1. The summed E-state index contributed by atoms with van der Waals surface area (Å²) in [5.74, 6) is 4.80. The van der Waals surface area contributed by atoms with Crippen LogP contribution in [0.5, 0.6) is 0 Å². The molecule has 0 bridgehead atoms. The van der Waals surface area contributed by atoms with Gasteiger partial charge >= 0.3 is 0 Å². The fourth-order valence-electron chi connectivity index (χ4n) is 1.58. The highest BCUT2D eigenvalue weighted by Crippen LogP contribution is 2.24. The van der Waals surface area contributed by atoms with Crippen molar-refractivity contribution in [2.45, 2.75) is 0 Å². The van der Waals surface area contributed by atoms with E-state index in [0.717, 1.165) is 11.1 Å². The van der Waals surface area contributed by atoms with Gasteiger partial charge in [-0.1, -0.05) is 30.3 Å². The van der Waals surface area contributed by atoms with Gasteiger partial charge in [0, 0.05) is 9.13 Å². The lowest BCUT2D eigenvalue weighted by Crippen LogP contribution is -2.29. The van der Waals surface area contributed by atoms with E-state index in [1.807, 2.05) is 24.3 Å². The molecular formula is C13H11IN2O. The van der Waals surface area contributed by atoms with Gasteiger partial charge in [0.2, 0.25) is 0 Å². The Morgan fingerprint density at radius 3 is 2.29 bits per heavy atom. The van der Waals surface area contributed by atoms with E-state index < -0.39 is 0 Å². The summed E-state index contributed by atoms with van der Waals surface area (Å²) in [6.45, 7) is 0. The lowest BCUT2D eigenvalue weighted by Gasteiger charge is -2.05. The van der Waals surface area contributed by atoms with Crippen molar-refractivity contribution in [2.24, 2.45) is 5.84 Å². The number of amides is 1. The van der Waals surface area contributed by atoms with Gasteiger partial charge in [0.15, 0.2) is 0 Å². The zero-order valence-corrected chi connectivity index (χ0v) is 11.1. The molecule has 1 amide bonds. The Hall–Kier alpha value is -1.40. The molecule has 0 heterocycles. The van der Waals surface area contributed by atoms with E-state index in [-0.39, 0.29) is 5.91 Å². The van der Waals surface area contributed by atoms with Crippen LogP contribution in [0.1, 0.15) is 10.4 Å². The minimum atomic E-state index is -0.278. The largest absolute Gasteiger partial charge is 0.290 e. The van der Waals surface area contributed by atoms with Crippen molar-refractivity contribution in [3.63, 3.8) is 0 Å². The van der Waals surface area contributed by atoms with Gasteiger partial charge in [-0.05, 0) is 51.9 Å². The quantitative estimate of drug-likeness (QED) is 0.383. The number of hydrazine groups is 1. The molecule has 0 fully saturated rings. The van der Waals surface area contributed by atoms with Crippen LogP contribution >= 0.6 is 22.6 Å². The molecule has 3 nitrogen and oxygen atoms in total. The highest BCUT2D eigenvalue weighted by atomic mass is 127. The van der Waals surface area contributed by atoms with Crippen LogP contribution < -0.4 is 11.3 Å². The number of nitrogens with one attached hydrogen (secondary N) is 1. The van der Waals surface area contributed by atoms with Gasteiger partial charge in [-0.15, -0.1) is 0 Å². The normalized spacial score (nSPS) is 10.0. The van der Waals surface area contributed by atoms with Gasteiger partial charge in [-0.2, -0.15) is 0 Å². The van der Waals surface area contributed by atoms with Crippen molar-refractivity contribution in [1.29, 1.82) is 0 Å². The smallest absolute Gasteiger partial charge is 0.265 e. The van der Waals surface area contributed by atoms with Crippen molar-refractivity contribution < 1.29 is 4.79 Å². The summed E-state index contributed by atoms with van der Waals surface area (Å²) in [6, 6.07) is 15.5. The highest BCUT2D eigenvalue weighted by Gasteiger charge is 2.05. The van der Waals surface area contributed by atoms with Crippen LogP contribution in [0.2, 0.25) is 0 Å². The third kappa shape index (κ3) is 2.65. The average molecular weight is 338 g/mol. The number of nitrogens with two attached hydrogens (primary N) is 1. The Morgan fingerprint density at radius 2 is 1.71 bits per heavy atom. The van der Waals surface area contributed by atoms with Crippen molar-refractivity contribution in [3.05, 3.63) is 57.7 Å². The van der Waals surface area contributed by atoms with Crippen LogP contribution in [0.15, 0.2) is 48.5 Å². The summed E-state index contributed by atoms with van der Waals surface area (Å²) in [4.78, 5) is 11.3. The maximum atomic E-state index is 11.3. The summed E-state index contributed by atoms with van der Waals surface area (Å²) < 4.78 is 1.18. The van der Waals surface area contributed by atoms with Gasteiger partial charge in [0.05, 0.1) is 0 Å². The first kappa shape index (κ1) is 12.1. The molecule has 4 heteroatoms. The zero-order chi connectivity index (χ0) is 12.3. The Bertz CT molecular complexity index is 537. The van der Waals surface area contributed by atoms with Crippen LogP contribution in [-0.2, 0) is 0 Å². The predicted octanol–water partition coefficient (Wildman–Crippen LogP) is 2.56. The van der Waals surface area contributed by atoms with Gasteiger partial charge < -0.3 is 0 Å². The lowest BCUT2D eigenvalue weighted by atomic mass is 10.0. The van der Waals surface area contributed by atoms with Crippen molar-refractivity contribution >= 4 is 28.5 Å². The van der Waals surface area contributed by atoms with Crippen LogP contribution in [-0.4, -0.2) is 5.91 Å². The molecular weight excluding hydrogens is 327 g/mol. The van der Waals surface area contributed by atoms with Gasteiger partial charge in [-0.3, -0.25) is 10.2 Å². The number of benzene rings is 2. The Morgan fingerprint density at radius 1 is 1.06 bits per heavy atom. The van der Waals surface area contributed by atoms with E-state index in [0.29, 0.717) is 5.56 Å². The molecule has 86 valence electrons. The van der Waals surface area contributed by atoms with E-state index >= 15 is 0 Å². The Labute approximate surface area is 113 Å². The first-order valence-corrected chi connectivity index (χ1v) is 6.16. The van der Waals surface area contributed by atoms with Crippen LogP contribution in [0.25, 0.3) is 11.1 Å². The number of carbonyl (C=O) groups excluding carboxylic acids is 1. The number of carbonyl (C=O) groups is 1. The zero-order valence-electron chi connectivity index (χ0n) is 8.98. The molecule has 0 aromatic heterocycles. The molecule has 2 aromatic rings. The topological polar surface area (TPSA) is 55.1 Å². The molecule has 0 aliphatic heterocycles. The fraction of sp³-hybridized carbons (Fsp3) is 0. The number of hydrogen-bond acceptors (Lipinski definition) is 2. The summed E-state index contributed by atoms with van der Waals surface area (Å²) in [5, 5.41) is 0. The fourth-order valence-corrected chi connectivity index (χ4v) is 2.28.